The zero-order valence-electron chi connectivity index (χ0n) is 52.2. The van der Waals surface area contributed by atoms with Crippen LogP contribution in [0.1, 0.15) is 221 Å². The van der Waals surface area contributed by atoms with Gasteiger partial charge in [-0.15, -0.1) is 11.3 Å². The molecule has 1 radical (unpaired) electrons. The van der Waals surface area contributed by atoms with Gasteiger partial charge in [-0.1, -0.05) is 208 Å². The zero-order chi connectivity index (χ0) is 56.9. The molecule has 1 unspecified atom stereocenters. The van der Waals surface area contributed by atoms with Crippen molar-refractivity contribution in [3.8, 4) is 0 Å². The Morgan fingerprint density at radius 1 is 0.718 bits per heavy atom. The van der Waals surface area contributed by atoms with Gasteiger partial charge in [-0.2, -0.15) is 0 Å². The van der Waals surface area contributed by atoms with Gasteiger partial charge in [-0.3, -0.25) is 0 Å². The lowest BCUT2D eigenvalue weighted by Crippen LogP contribution is -2.34. The number of nitrogens with zero attached hydrogens (tertiary/aromatic N) is 2. The fraction of sp³-hybridized carbons (Fsp3) is 0.486. The van der Waals surface area contributed by atoms with Crippen LogP contribution in [0.2, 0.25) is 0 Å². The summed E-state index contributed by atoms with van der Waals surface area (Å²) in [4.78, 5) is 5.30. The van der Waals surface area contributed by atoms with Crippen molar-refractivity contribution in [2.24, 2.45) is 11.8 Å². The van der Waals surface area contributed by atoms with Crippen LogP contribution >= 0.6 is 11.3 Å². The van der Waals surface area contributed by atoms with E-state index in [1.165, 1.54) is 124 Å². The van der Waals surface area contributed by atoms with E-state index in [1.807, 2.05) is 11.3 Å². The van der Waals surface area contributed by atoms with Crippen molar-refractivity contribution in [1.82, 2.24) is 0 Å². The highest BCUT2D eigenvalue weighted by Crippen LogP contribution is 2.52. The van der Waals surface area contributed by atoms with Crippen LogP contribution in [0.3, 0.4) is 0 Å². The molecule has 1 atom stereocenters. The molecule has 0 saturated heterocycles. The van der Waals surface area contributed by atoms with E-state index in [-0.39, 0.29) is 27.1 Å². The van der Waals surface area contributed by atoms with E-state index in [0.717, 1.165) is 32.2 Å². The van der Waals surface area contributed by atoms with Crippen LogP contribution in [-0.2, 0) is 39.9 Å². The maximum Gasteiger partial charge on any atom is 0.210 e. The molecule has 2 nitrogen and oxygen atoms in total. The van der Waals surface area contributed by atoms with Crippen molar-refractivity contribution in [2.75, 3.05) is 16.3 Å². The summed E-state index contributed by atoms with van der Waals surface area (Å²) < 4.78 is 2.67. The number of hydrogen-bond acceptors (Lipinski definition) is 3. The summed E-state index contributed by atoms with van der Waals surface area (Å²) in [5.74, 6) is 1.42. The number of allylic oxidation sites excluding steroid dienone is 11. The molecule has 2 heterocycles. The molecule has 78 heavy (non-hydrogen) atoms. The number of fused-ring (bicyclic) bond motifs is 7. The summed E-state index contributed by atoms with van der Waals surface area (Å²) in [5, 5.41) is 1.36. The minimum atomic E-state index is 0.0365. The largest absolute Gasteiger partial charge is 0.337 e. The van der Waals surface area contributed by atoms with Crippen molar-refractivity contribution < 1.29 is 0 Å². The number of rotatable bonds is 14. The van der Waals surface area contributed by atoms with E-state index in [2.05, 4.69) is 271 Å². The third kappa shape index (κ3) is 12.2. The maximum absolute atomic E-state index is 2.67. The lowest BCUT2D eigenvalue weighted by molar-refractivity contribution is 0.331. The average Bonchev–Trinajstić information content (AvgIpc) is 3.92. The average molecular weight is 1060 g/mol. The molecule has 413 valence electrons. The Morgan fingerprint density at radius 3 is 1.94 bits per heavy atom. The zero-order valence-corrected chi connectivity index (χ0v) is 53.1. The van der Waals surface area contributed by atoms with Gasteiger partial charge in [-0.05, 0) is 202 Å². The smallest absolute Gasteiger partial charge is 0.210 e. The van der Waals surface area contributed by atoms with Gasteiger partial charge in [0.1, 0.15) is 0 Å². The second-order valence-electron chi connectivity index (χ2n) is 28.1. The molecule has 2 bridgehead atoms. The van der Waals surface area contributed by atoms with Crippen molar-refractivity contribution in [1.29, 1.82) is 0 Å². The third-order valence-electron chi connectivity index (χ3n) is 18.7. The molecule has 4 aromatic carbocycles. The summed E-state index contributed by atoms with van der Waals surface area (Å²) in [7, 11) is 2.57. The molecule has 2 aliphatic carbocycles. The summed E-state index contributed by atoms with van der Waals surface area (Å²) in [5.41, 5.74) is 22.3. The van der Waals surface area contributed by atoms with Crippen LogP contribution in [0.25, 0.3) is 10.1 Å². The molecule has 1 aromatic heterocycles. The number of hydrogen-bond donors (Lipinski definition) is 0. The number of anilines is 4. The van der Waals surface area contributed by atoms with Gasteiger partial charge in [0.25, 0.3) is 0 Å². The Kier molecular flexibility index (Phi) is 17.3. The second kappa shape index (κ2) is 22.8. The molecule has 0 spiro atoms. The first-order chi connectivity index (χ1) is 36.6. The molecule has 3 aliphatic rings. The van der Waals surface area contributed by atoms with E-state index in [1.54, 1.807) is 0 Å². The van der Waals surface area contributed by atoms with Gasteiger partial charge in [-0.25, -0.2) is 0 Å². The Bertz CT molecular complexity index is 3210. The minimum absolute atomic E-state index is 0.0365. The highest BCUT2D eigenvalue weighted by molar-refractivity contribution is 7.29. The van der Waals surface area contributed by atoms with E-state index >= 15 is 0 Å². The quantitative estimate of drug-likeness (QED) is 0.0808. The predicted molar refractivity (Wildman–Crippen MR) is 348 cm³/mol. The van der Waals surface area contributed by atoms with Crippen molar-refractivity contribution >= 4 is 56.2 Å². The van der Waals surface area contributed by atoms with Crippen LogP contribution in [-0.4, -0.2) is 13.8 Å². The normalized spacial score (nSPS) is 19.8. The predicted octanol–water partition coefficient (Wildman–Crippen LogP) is 20.9. The molecule has 8 rings (SSSR count). The van der Waals surface area contributed by atoms with Crippen molar-refractivity contribution in [3.63, 3.8) is 0 Å². The van der Waals surface area contributed by atoms with Crippen LogP contribution in [0, 0.1) is 11.8 Å². The molecular weight excluding hydrogens is 960 g/mol. The van der Waals surface area contributed by atoms with E-state index < -0.39 is 0 Å². The minimum Gasteiger partial charge on any atom is -0.337 e. The van der Waals surface area contributed by atoms with E-state index in [0.29, 0.717) is 17.8 Å². The van der Waals surface area contributed by atoms with Crippen molar-refractivity contribution in [3.05, 3.63) is 182 Å². The van der Waals surface area contributed by atoms with Crippen LogP contribution in [0.5, 0.6) is 0 Å². The standard InChI is InChI=1S/C74H98BN2S/c1-21-23-24-25-30-54-43-61-63(73(17,18)37-35-71(61,13)14)46-66(54)77-52(9)65(34-26-29-53-40-55(48(3)4)42-56(41-53)70(10,11)12)75-69-68(60-45-62-64(47-67(60)78-69)74(19,20)38-36-72(62,15)16)76(57-31-27-32-58(77)44-57)39-28-33-59(49(5)6)51(8)50(7)22-2/h21,23-28,31-34,40-50H,22,29-30,35-39H2,1-20H3/b23-21-,25-24-,33-28-,34-26-,59-51-,65-52-. The highest BCUT2D eigenvalue weighted by atomic mass is 32.1. The van der Waals surface area contributed by atoms with Crippen molar-refractivity contribution in [2.45, 2.75) is 216 Å². The van der Waals surface area contributed by atoms with E-state index in [4.69, 9.17) is 0 Å². The molecule has 0 N–H and O–H groups in total. The Hall–Kier alpha value is -5.06. The second-order valence-corrected chi connectivity index (χ2v) is 29.1. The van der Waals surface area contributed by atoms with Gasteiger partial charge in [0, 0.05) is 39.4 Å². The summed E-state index contributed by atoms with van der Waals surface area (Å²) in [6, 6.07) is 27.4. The highest BCUT2D eigenvalue weighted by Gasteiger charge is 2.40. The summed E-state index contributed by atoms with van der Waals surface area (Å²) >= 11 is 1.98. The topological polar surface area (TPSA) is 6.48 Å². The van der Waals surface area contributed by atoms with Crippen LogP contribution in [0.15, 0.2) is 138 Å². The first-order valence-electron chi connectivity index (χ1n) is 30.1. The van der Waals surface area contributed by atoms with Crippen LogP contribution in [0.4, 0.5) is 22.7 Å². The lowest BCUT2D eigenvalue weighted by atomic mass is 9.62. The fourth-order valence-corrected chi connectivity index (χ4v) is 13.9. The molecular formula is C74H98BN2S. The number of benzene rings is 4. The first-order valence-corrected chi connectivity index (χ1v) is 30.9. The Morgan fingerprint density at radius 2 is 1.33 bits per heavy atom. The molecule has 0 amide bonds. The van der Waals surface area contributed by atoms with Gasteiger partial charge < -0.3 is 9.80 Å². The molecule has 1 aliphatic heterocycles. The summed E-state index contributed by atoms with van der Waals surface area (Å²) in [6.45, 7) is 48.5. The van der Waals surface area contributed by atoms with Gasteiger partial charge in [0.05, 0.1) is 5.69 Å². The number of thiophene rings is 1. The Labute approximate surface area is 480 Å². The summed E-state index contributed by atoms with van der Waals surface area (Å²) in [6.07, 6.45) is 26.3. The fourth-order valence-electron chi connectivity index (χ4n) is 12.7. The third-order valence-corrected chi connectivity index (χ3v) is 19.7. The molecule has 5 aromatic rings. The van der Waals surface area contributed by atoms with Gasteiger partial charge in [0.15, 0.2) is 0 Å². The lowest BCUT2D eigenvalue weighted by Gasteiger charge is -2.43. The first kappa shape index (κ1) is 59.1. The molecule has 0 fully saturated rings. The molecule has 0 saturated carbocycles. The van der Waals surface area contributed by atoms with Gasteiger partial charge >= 0.3 is 0 Å². The van der Waals surface area contributed by atoms with E-state index in [9.17, 15) is 0 Å². The van der Waals surface area contributed by atoms with Gasteiger partial charge in [0.2, 0.25) is 7.28 Å². The molecule has 4 heteroatoms. The maximum atomic E-state index is 2.67. The monoisotopic (exact) mass is 1060 g/mol. The Balaban J connectivity index is 1.45. The SMILES string of the molecule is C/C=C\C=C/Cc1cc2c(cc1N1/C(C)=C(/C=C\Cc3cc(C(C)C)cc(C(C)(C)C)c3)[B]c3sc4cc5c(cc4c3N(C/C=C\C(=C(/C)C(C)CC)C(C)C)c3cccc1c3)C(C)(C)CCC5(C)C)C(C)(C)CCC2(C)C. The van der Waals surface area contributed by atoms with Crippen LogP contribution < -0.4 is 14.6 Å².